The lowest BCUT2D eigenvalue weighted by Crippen LogP contribution is -2.06. The molecule has 0 aliphatic rings. The van der Waals surface area contributed by atoms with Gasteiger partial charge in [-0.15, -0.1) is 0 Å². The van der Waals surface area contributed by atoms with Gasteiger partial charge in [0.2, 0.25) is 0 Å². The predicted octanol–water partition coefficient (Wildman–Crippen LogP) is 3.63. The third-order valence-corrected chi connectivity index (χ3v) is 2.85. The van der Waals surface area contributed by atoms with Crippen LogP contribution in [0.15, 0.2) is 48.5 Å². The van der Waals surface area contributed by atoms with Crippen LogP contribution in [0.3, 0.4) is 0 Å². The Balaban J connectivity index is 2.19. The molecule has 0 radical (unpaired) electrons. The maximum absolute atomic E-state index is 12.4. The number of carbonyl (C=O) groups excluding carboxylic acids is 2. The maximum Gasteiger partial charge on any atom is 0.308 e. The average Bonchev–Trinajstić information content (AvgIpc) is 2.46. The van der Waals surface area contributed by atoms with Gasteiger partial charge in [0.05, 0.1) is 6.10 Å². The van der Waals surface area contributed by atoms with Crippen LogP contribution in [0.4, 0.5) is 0 Å². The zero-order chi connectivity index (χ0) is 16.1. The molecule has 0 aliphatic heterocycles. The van der Waals surface area contributed by atoms with Gasteiger partial charge in [-0.05, 0) is 50.2 Å². The van der Waals surface area contributed by atoms with Crippen molar-refractivity contribution in [2.75, 3.05) is 0 Å². The Morgan fingerprint density at radius 1 is 0.909 bits per heavy atom. The molecule has 0 bridgehead atoms. The van der Waals surface area contributed by atoms with E-state index in [1.807, 2.05) is 13.8 Å². The molecule has 0 spiro atoms. The van der Waals surface area contributed by atoms with Crippen molar-refractivity contribution in [3.05, 3.63) is 59.7 Å². The standard InChI is InChI=1S/C18H18O4/c1-12(2)21-16-9-7-14(8-10-16)18(20)15-5-4-6-17(11-15)22-13(3)19/h4-12H,1-3H3. The molecule has 2 aromatic carbocycles. The minimum absolute atomic E-state index is 0.0852. The Morgan fingerprint density at radius 2 is 1.59 bits per heavy atom. The highest BCUT2D eigenvalue weighted by molar-refractivity contribution is 6.09. The Kier molecular flexibility index (Phi) is 4.94. The molecule has 0 saturated heterocycles. The fraction of sp³-hybridized carbons (Fsp3) is 0.222. The summed E-state index contributed by atoms with van der Waals surface area (Å²) in [5.74, 6) is 0.531. The average molecular weight is 298 g/mol. The van der Waals surface area contributed by atoms with Gasteiger partial charge in [-0.1, -0.05) is 12.1 Å². The van der Waals surface area contributed by atoms with Crippen molar-refractivity contribution in [3.63, 3.8) is 0 Å². The Hall–Kier alpha value is -2.62. The van der Waals surface area contributed by atoms with Crippen LogP contribution in [0.2, 0.25) is 0 Å². The van der Waals surface area contributed by atoms with Crippen LogP contribution in [0.1, 0.15) is 36.7 Å². The van der Waals surface area contributed by atoms with E-state index in [9.17, 15) is 9.59 Å². The van der Waals surface area contributed by atoms with Crippen LogP contribution in [0, 0.1) is 0 Å². The van der Waals surface area contributed by atoms with Gasteiger partial charge in [-0.25, -0.2) is 0 Å². The van der Waals surface area contributed by atoms with E-state index in [0.717, 1.165) is 5.75 Å². The first-order valence-corrected chi connectivity index (χ1v) is 7.05. The number of hydrogen-bond donors (Lipinski definition) is 0. The zero-order valence-electron chi connectivity index (χ0n) is 12.8. The minimum Gasteiger partial charge on any atom is -0.491 e. The highest BCUT2D eigenvalue weighted by atomic mass is 16.5. The van der Waals surface area contributed by atoms with E-state index < -0.39 is 5.97 Å². The van der Waals surface area contributed by atoms with Crippen molar-refractivity contribution in [3.8, 4) is 11.5 Å². The Labute approximate surface area is 129 Å². The molecule has 2 aromatic rings. The lowest BCUT2D eigenvalue weighted by atomic mass is 10.0. The number of ether oxygens (including phenoxy) is 2. The number of carbonyl (C=O) groups is 2. The number of ketones is 1. The molecule has 0 aliphatic carbocycles. The predicted molar refractivity (Wildman–Crippen MR) is 83.4 cm³/mol. The van der Waals surface area contributed by atoms with Gasteiger partial charge in [0.15, 0.2) is 5.78 Å². The molecule has 0 unspecified atom stereocenters. The van der Waals surface area contributed by atoms with Crippen LogP contribution in [-0.4, -0.2) is 17.9 Å². The van der Waals surface area contributed by atoms with E-state index in [2.05, 4.69) is 0 Å². The summed E-state index contributed by atoms with van der Waals surface area (Å²) in [5, 5.41) is 0. The van der Waals surface area contributed by atoms with Gasteiger partial charge >= 0.3 is 5.97 Å². The van der Waals surface area contributed by atoms with E-state index in [1.54, 1.807) is 48.5 Å². The SMILES string of the molecule is CC(=O)Oc1cccc(C(=O)c2ccc(OC(C)C)cc2)c1. The molecule has 114 valence electrons. The molecule has 0 amide bonds. The highest BCUT2D eigenvalue weighted by Crippen LogP contribution is 2.19. The molecule has 0 fully saturated rings. The van der Waals surface area contributed by atoms with Crippen LogP contribution in [-0.2, 0) is 4.79 Å². The second kappa shape index (κ2) is 6.89. The number of rotatable bonds is 5. The zero-order valence-corrected chi connectivity index (χ0v) is 12.8. The third-order valence-electron chi connectivity index (χ3n) is 2.85. The van der Waals surface area contributed by atoms with Crippen LogP contribution in [0.5, 0.6) is 11.5 Å². The number of hydrogen-bond acceptors (Lipinski definition) is 4. The molecule has 0 atom stereocenters. The largest absolute Gasteiger partial charge is 0.491 e. The summed E-state index contributed by atoms with van der Waals surface area (Å²) < 4.78 is 10.5. The second-order valence-electron chi connectivity index (χ2n) is 5.14. The van der Waals surface area contributed by atoms with E-state index in [4.69, 9.17) is 9.47 Å². The molecular formula is C18H18O4. The van der Waals surface area contributed by atoms with Gasteiger partial charge in [0.25, 0.3) is 0 Å². The van der Waals surface area contributed by atoms with Crippen molar-refractivity contribution in [1.29, 1.82) is 0 Å². The summed E-state index contributed by atoms with van der Waals surface area (Å²) in [6, 6.07) is 13.5. The summed E-state index contributed by atoms with van der Waals surface area (Å²) >= 11 is 0. The fourth-order valence-corrected chi connectivity index (χ4v) is 1.99. The van der Waals surface area contributed by atoms with Gasteiger partial charge < -0.3 is 9.47 Å². The Morgan fingerprint density at radius 3 is 2.18 bits per heavy atom. The lowest BCUT2D eigenvalue weighted by Gasteiger charge is -2.10. The molecule has 0 aromatic heterocycles. The van der Waals surface area contributed by atoms with E-state index in [1.165, 1.54) is 6.92 Å². The topological polar surface area (TPSA) is 52.6 Å². The summed E-state index contributed by atoms with van der Waals surface area (Å²) in [5.41, 5.74) is 1.02. The van der Waals surface area contributed by atoms with Crippen LogP contribution >= 0.6 is 0 Å². The van der Waals surface area contributed by atoms with Gasteiger partial charge in [-0.3, -0.25) is 9.59 Å². The molecule has 0 N–H and O–H groups in total. The summed E-state index contributed by atoms with van der Waals surface area (Å²) in [4.78, 5) is 23.4. The monoisotopic (exact) mass is 298 g/mol. The first-order valence-electron chi connectivity index (χ1n) is 7.05. The highest BCUT2D eigenvalue weighted by Gasteiger charge is 2.11. The molecule has 4 nitrogen and oxygen atoms in total. The molecular weight excluding hydrogens is 280 g/mol. The summed E-state index contributed by atoms with van der Waals surface area (Å²) in [6.07, 6.45) is 0.0852. The molecule has 0 saturated carbocycles. The van der Waals surface area contributed by atoms with Gasteiger partial charge in [0, 0.05) is 18.1 Å². The third kappa shape index (κ3) is 4.19. The molecule has 2 rings (SSSR count). The number of esters is 1. The van der Waals surface area contributed by atoms with Gasteiger partial charge in [0.1, 0.15) is 11.5 Å². The number of benzene rings is 2. The first kappa shape index (κ1) is 15.8. The minimum atomic E-state index is -0.417. The van der Waals surface area contributed by atoms with Crippen LogP contribution < -0.4 is 9.47 Å². The van der Waals surface area contributed by atoms with Crippen molar-refractivity contribution in [2.24, 2.45) is 0 Å². The van der Waals surface area contributed by atoms with Gasteiger partial charge in [-0.2, -0.15) is 0 Å². The van der Waals surface area contributed by atoms with Crippen molar-refractivity contribution < 1.29 is 19.1 Å². The van der Waals surface area contributed by atoms with E-state index in [-0.39, 0.29) is 11.9 Å². The van der Waals surface area contributed by atoms with E-state index in [0.29, 0.717) is 16.9 Å². The Bertz CT molecular complexity index is 672. The smallest absolute Gasteiger partial charge is 0.308 e. The molecule has 4 heteroatoms. The van der Waals surface area contributed by atoms with E-state index >= 15 is 0 Å². The lowest BCUT2D eigenvalue weighted by molar-refractivity contribution is -0.131. The molecule has 22 heavy (non-hydrogen) atoms. The fourth-order valence-electron chi connectivity index (χ4n) is 1.99. The van der Waals surface area contributed by atoms with Crippen LogP contribution in [0.25, 0.3) is 0 Å². The quantitative estimate of drug-likeness (QED) is 0.480. The summed E-state index contributed by atoms with van der Waals surface area (Å²) in [7, 11) is 0. The summed E-state index contributed by atoms with van der Waals surface area (Å²) in [6.45, 7) is 5.21. The molecule has 0 heterocycles. The first-order chi connectivity index (χ1) is 10.5. The van der Waals surface area contributed by atoms with Crippen molar-refractivity contribution in [1.82, 2.24) is 0 Å². The maximum atomic E-state index is 12.4. The normalized spacial score (nSPS) is 10.4. The second-order valence-corrected chi connectivity index (χ2v) is 5.14. The van der Waals surface area contributed by atoms with Crippen molar-refractivity contribution >= 4 is 11.8 Å². The van der Waals surface area contributed by atoms with Crippen molar-refractivity contribution in [2.45, 2.75) is 26.9 Å².